The van der Waals surface area contributed by atoms with Gasteiger partial charge in [-0.15, -0.1) is 11.3 Å². The summed E-state index contributed by atoms with van der Waals surface area (Å²) in [6, 6.07) is 2.59. The third-order valence-corrected chi connectivity index (χ3v) is 3.67. The Kier molecular flexibility index (Phi) is 4.58. The largest absolute Gasteiger partial charge is 0.382 e. The zero-order chi connectivity index (χ0) is 10.6. The van der Waals surface area contributed by atoms with E-state index in [1.807, 2.05) is 18.4 Å². The lowest BCUT2D eigenvalue weighted by molar-refractivity contribution is 0.102. The molecule has 2 unspecified atom stereocenters. The second-order valence-corrected chi connectivity index (χ2v) is 4.54. The molecule has 80 valence electrons. The zero-order valence-electron chi connectivity index (χ0n) is 9.33. The SMILES string of the molecule is CNC(CC(C)OC)c1sccc1C. The molecule has 0 radical (unpaired) electrons. The number of ether oxygens (including phenoxy) is 1. The highest BCUT2D eigenvalue weighted by molar-refractivity contribution is 7.10. The van der Waals surface area contributed by atoms with Crippen LogP contribution in [0, 0.1) is 6.92 Å². The van der Waals surface area contributed by atoms with Crippen LogP contribution in [0.2, 0.25) is 0 Å². The topological polar surface area (TPSA) is 21.3 Å². The predicted molar refractivity (Wildman–Crippen MR) is 61.9 cm³/mol. The lowest BCUT2D eigenvalue weighted by Crippen LogP contribution is -2.21. The van der Waals surface area contributed by atoms with Gasteiger partial charge in [0.2, 0.25) is 0 Å². The number of rotatable bonds is 5. The van der Waals surface area contributed by atoms with Gasteiger partial charge in [-0.25, -0.2) is 0 Å². The third-order valence-electron chi connectivity index (χ3n) is 2.54. The van der Waals surface area contributed by atoms with E-state index < -0.39 is 0 Å². The van der Waals surface area contributed by atoms with Crippen molar-refractivity contribution in [3.05, 3.63) is 21.9 Å². The Labute approximate surface area is 90.3 Å². The molecule has 0 aliphatic heterocycles. The van der Waals surface area contributed by atoms with Gasteiger partial charge in [0, 0.05) is 18.0 Å². The molecular weight excluding hydrogens is 194 g/mol. The van der Waals surface area contributed by atoms with E-state index in [1.54, 1.807) is 7.11 Å². The number of hydrogen-bond acceptors (Lipinski definition) is 3. The number of nitrogens with one attached hydrogen (secondary N) is 1. The molecule has 1 rings (SSSR count). The van der Waals surface area contributed by atoms with Crippen LogP contribution < -0.4 is 5.32 Å². The van der Waals surface area contributed by atoms with Gasteiger partial charge in [0.15, 0.2) is 0 Å². The lowest BCUT2D eigenvalue weighted by atomic mass is 10.1. The van der Waals surface area contributed by atoms with Crippen LogP contribution in [-0.4, -0.2) is 20.3 Å². The van der Waals surface area contributed by atoms with Crippen LogP contribution in [0.15, 0.2) is 11.4 Å². The van der Waals surface area contributed by atoms with Crippen LogP contribution >= 0.6 is 11.3 Å². The molecule has 2 atom stereocenters. The first-order chi connectivity index (χ1) is 6.69. The normalized spacial score (nSPS) is 15.4. The van der Waals surface area contributed by atoms with E-state index in [-0.39, 0.29) is 0 Å². The zero-order valence-corrected chi connectivity index (χ0v) is 10.1. The van der Waals surface area contributed by atoms with Crippen LogP contribution in [-0.2, 0) is 4.74 Å². The molecule has 0 aliphatic carbocycles. The molecule has 3 heteroatoms. The van der Waals surface area contributed by atoms with Crippen LogP contribution in [0.5, 0.6) is 0 Å². The van der Waals surface area contributed by atoms with Crippen LogP contribution in [0.25, 0.3) is 0 Å². The highest BCUT2D eigenvalue weighted by atomic mass is 32.1. The second-order valence-electron chi connectivity index (χ2n) is 3.59. The highest BCUT2D eigenvalue weighted by Crippen LogP contribution is 2.27. The first kappa shape index (κ1) is 11.7. The molecule has 0 saturated heterocycles. The molecule has 0 aromatic carbocycles. The molecule has 1 aromatic heterocycles. The van der Waals surface area contributed by atoms with Crippen molar-refractivity contribution in [1.29, 1.82) is 0 Å². The van der Waals surface area contributed by atoms with Gasteiger partial charge < -0.3 is 10.1 Å². The monoisotopic (exact) mass is 213 g/mol. The van der Waals surface area contributed by atoms with Crippen LogP contribution in [0.4, 0.5) is 0 Å². The van der Waals surface area contributed by atoms with Crippen LogP contribution in [0.3, 0.4) is 0 Å². The summed E-state index contributed by atoms with van der Waals surface area (Å²) >= 11 is 1.82. The van der Waals surface area contributed by atoms with E-state index in [9.17, 15) is 0 Å². The molecule has 0 aliphatic rings. The van der Waals surface area contributed by atoms with E-state index in [4.69, 9.17) is 4.74 Å². The third kappa shape index (κ3) is 2.80. The smallest absolute Gasteiger partial charge is 0.0561 e. The molecule has 1 N–H and O–H groups in total. The van der Waals surface area contributed by atoms with Crippen molar-refractivity contribution in [2.45, 2.75) is 32.4 Å². The van der Waals surface area contributed by atoms with E-state index in [2.05, 4.69) is 30.6 Å². The fourth-order valence-electron chi connectivity index (χ4n) is 1.53. The Hall–Kier alpha value is -0.380. The average Bonchev–Trinajstić information content (AvgIpc) is 2.60. The second kappa shape index (κ2) is 5.49. The van der Waals surface area contributed by atoms with Crippen molar-refractivity contribution >= 4 is 11.3 Å². The van der Waals surface area contributed by atoms with E-state index in [0.29, 0.717) is 12.1 Å². The van der Waals surface area contributed by atoms with E-state index in [0.717, 1.165) is 6.42 Å². The molecule has 1 aromatic rings. The van der Waals surface area contributed by atoms with Crippen LogP contribution in [0.1, 0.15) is 29.8 Å². The summed E-state index contributed by atoms with van der Waals surface area (Å²) < 4.78 is 5.29. The molecular formula is C11H19NOS. The molecule has 1 heterocycles. The minimum Gasteiger partial charge on any atom is -0.382 e. The summed E-state index contributed by atoms with van der Waals surface area (Å²) in [5.41, 5.74) is 1.37. The Balaban J connectivity index is 2.67. The molecule has 0 bridgehead atoms. The van der Waals surface area contributed by atoms with E-state index in [1.165, 1.54) is 10.4 Å². The summed E-state index contributed by atoms with van der Waals surface area (Å²) in [5, 5.41) is 5.49. The Bertz CT molecular complexity index is 272. The summed E-state index contributed by atoms with van der Waals surface area (Å²) in [5.74, 6) is 0. The standard InChI is InChI=1S/C11H19NOS/c1-8-5-6-14-11(8)10(12-3)7-9(2)13-4/h5-6,9-10,12H,7H2,1-4H3. The summed E-state index contributed by atoms with van der Waals surface area (Å²) in [6.07, 6.45) is 1.32. The maximum atomic E-state index is 5.29. The molecule has 0 spiro atoms. The van der Waals surface area contributed by atoms with Gasteiger partial charge in [0.25, 0.3) is 0 Å². The number of methoxy groups -OCH3 is 1. The van der Waals surface area contributed by atoms with Gasteiger partial charge in [-0.2, -0.15) is 0 Å². The van der Waals surface area contributed by atoms with Crippen molar-refractivity contribution in [3.63, 3.8) is 0 Å². The molecule has 0 saturated carbocycles. The first-order valence-electron chi connectivity index (χ1n) is 4.93. The Morgan fingerprint density at radius 1 is 1.57 bits per heavy atom. The fourth-order valence-corrected chi connectivity index (χ4v) is 2.58. The predicted octanol–water partition coefficient (Wildman–Crippen LogP) is 2.74. The highest BCUT2D eigenvalue weighted by Gasteiger charge is 2.15. The molecule has 0 amide bonds. The summed E-state index contributed by atoms with van der Waals surface area (Å²) in [6.45, 7) is 4.26. The number of thiophene rings is 1. The average molecular weight is 213 g/mol. The lowest BCUT2D eigenvalue weighted by Gasteiger charge is -2.19. The molecule has 0 fully saturated rings. The van der Waals surface area contributed by atoms with Crippen molar-refractivity contribution in [2.75, 3.05) is 14.2 Å². The van der Waals surface area contributed by atoms with Crippen molar-refractivity contribution in [2.24, 2.45) is 0 Å². The molecule has 2 nitrogen and oxygen atoms in total. The van der Waals surface area contributed by atoms with Gasteiger partial charge in [0.05, 0.1) is 6.10 Å². The van der Waals surface area contributed by atoms with Gasteiger partial charge in [0.1, 0.15) is 0 Å². The van der Waals surface area contributed by atoms with Gasteiger partial charge >= 0.3 is 0 Å². The van der Waals surface area contributed by atoms with Gasteiger partial charge in [-0.3, -0.25) is 0 Å². The van der Waals surface area contributed by atoms with Crippen molar-refractivity contribution in [1.82, 2.24) is 5.32 Å². The maximum absolute atomic E-state index is 5.29. The number of aryl methyl sites for hydroxylation is 1. The van der Waals surface area contributed by atoms with Gasteiger partial charge in [-0.1, -0.05) is 0 Å². The van der Waals surface area contributed by atoms with Gasteiger partial charge in [-0.05, 0) is 44.3 Å². The van der Waals surface area contributed by atoms with Crippen molar-refractivity contribution < 1.29 is 4.74 Å². The Morgan fingerprint density at radius 3 is 2.71 bits per heavy atom. The molecule has 14 heavy (non-hydrogen) atoms. The first-order valence-corrected chi connectivity index (χ1v) is 5.81. The Morgan fingerprint density at radius 2 is 2.29 bits per heavy atom. The number of hydrogen-bond donors (Lipinski definition) is 1. The minimum absolute atomic E-state index is 0.300. The van der Waals surface area contributed by atoms with Crippen molar-refractivity contribution in [3.8, 4) is 0 Å². The maximum Gasteiger partial charge on any atom is 0.0561 e. The van der Waals surface area contributed by atoms with E-state index >= 15 is 0 Å². The fraction of sp³-hybridized carbons (Fsp3) is 0.636. The minimum atomic E-state index is 0.300. The summed E-state index contributed by atoms with van der Waals surface area (Å²) in [4.78, 5) is 1.43. The quantitative estimate of drug-likeness (QED) is 0.812. The summed E-state index contributed by atoms with van der Waals surface area (Å²) in [7, 11) is 3.77.